The highest BCUT2D eigenvalue weighted by Crippen LogP contribution is 2.34. The maximum Gasteiger partial charge on any atom is 0.312 e. The Morgan fingerprint density at radius 2 is 1.62 bits per heavy atom. The number of nitrogens with zero attached hydrogens (tertiary/aromatic N) is 1. The second kappa shape index (κ2) is 10.8. The van der Waals surface area contributed by atoms with Crippen LogP contribution in [0.5, 0.6) is 11.5 Å². The smallest absolute Gasteiger partial charge is 0.312 e. The average molecular weight is 433 g/mol. The van der Waals surface area contributed by atoms with Gasteiger partial charge in [0.15, 0.2) is 5.78 Å². The summed E-state index contributed by atoms with van der Waals surface area (Å²) >= 11 is 0. The second-order valence-corrected chi connectivity index (χ2v) is 6.84. The number of benzene rings is 3. The predicted molar refractivity (Wildman–Crippen MR) is 120 cm³/mol. The Bertz CT molecular complexity index is 1120. The van der Waals surface area contributed by atoms with Crippen LogP contribution in [0.25, 0.3) is 0 Å². The zero-order chi connectivity index (χ0) is 22.9. The molecule has 0 heterocycles. The molecule has 0 saturated heterocycles. The molecule has 3 rings (SSSR count). The normalized spacial score (nSPS) is 10.4. The van der Waals surface area contributed by atoms with Gasteiger partial charge in [0.05, 0.1) is 10.5 Å². The summed E-state index contributed by atoms with van der Waals surface area (Å²) in [6.07, 6.45) is 0. The van der Waals surface area contributed by atoms with Crippen molar-refractivity contribution in [2.45, 2.75) is 6.92 Å². The first-order chi connectivity index (χ1) is 15.5. The van der Waals surface area contributed by atoms with E-state index in [-0.39, 0.29) is 34.1 Å². The van der Waals surface area contributed by atoms with Gasteiger partial charge in [0, 0.05) is 30.3 Å². The lowest BCUT2D eigenvalue weighted by atomic mass is 10.0. The minimum Gasteiger partial charge on any atom is -0.449 e. The van der Waals surface area contributed by atoms with Gasteiger partial charge in [-0.1, -0.05) is 49.4 Å². The van der Waals surface area contributed by atoms with Crippen LogP contribution in [-0.2, 0) is 0 Å². The van der Waals surface area contributed by atoms with Crippen molar-refractivity contribution in [1.82, 2.24) is 10.6 Å². The predicted octanol–water partition coefficient (Wildman–Crippen LogP) is 3.96. The van der Waals surface area contributed by atoms with Crippen LogP contribution in [0.1, 0.15) is 33.2 Å². The lowest BCUT2D eigenvalue weighted by Gasteiger charge is -2.12. The van der Waals surface area contributed by atoms with Gasteiger partial charge in [-0.15, -0.1) is 0 Å². The zero-order valence-electron chi connectivity index (χ0n) is 17.5. The van der Waals surface area contributed by atoms with Crippen molar-refractivity contribution in [2.24, 2.45) is 0 Å². The first-order valence-corrected chi connectivity index (χ1v) is 10.1. The largest absolute Gasteiger partial charge is 0.449 e. The molecule has 0 bridgehead atoms. The summed E-state index contributed by atoms with van der Waals surface area (Å²) < 4.78 is 5.79. The molecule has 2 N–H and O–H groups in total. The summed E-state index contributed by atoms with van der Waals surface area (Å²) in [5.74, 6) is -0.558. The molecule has 8 heteroatoms. The summed E-state index contributed by atoms with van der Waals surface area (Å²) in [4.78, 5) is 36.2. The van der Waals surface area contributed by atoms with Crippen LogP contribution in [0, 0.1) is 10.1 Å². The highest BCUT2D eigenvalue weighted by molar-refractivity contribution is 6.10. The first kappa shape index (κ1) is 22.6. The number of para-hydroxylation sites is 1. The van der Waals surface area contributed by atoms with Crippen LogP contribution in [0.4, 0.5) is 5.69 Å². The van der Waals surface area contributed by atoms with E-state index in [0.29, 0.717) is 18.7 Å². The van der Waals surface area contributed by atoms with Crippen molar-refractivity contribution in [3.8, 4) is 11.5 Å². The highest BCUT2D eigenvalue weighted by atomic mass is 16.6. The molecule has 0 aromatic heterocycles. The van der Waals surface area contributed by atoms with Gasteiger partial charge in [-0.3, -0.25) is 19.7 Å². The van der Waals surface area contributed by atoms with Crippen LogP contribution in [0.3, 0.4) is 0 Å². The van der Waals surface area contributed by atoms with Crippen molar-refractivity contribution in [1.29, 1.82) is 0 Å². The molecule has 1 amide bonds. The first-order valence-electron chi connectivity index (χ1n) is 10.1. The monoisotopic (exact) mass is 433 g/mol. The van der Waals surface area contributed by atoms with Gasteiger partial charge in [-0.05, 0) is 30.8 Å². The Morgan fingerprint density at radius 1 is 0.906 bits per heavy atom. The third-order valence-corrected chi connectivity index (χ3v) is 4.64. The molecular weight excluding hydrogens is 410 g/mol. The zero-order valence-corrected chi connectivity index (χ0v) is 17.5. The molecule has 0 aliphatic heterocycles. The van der Waals surface area contributed by atoms with E-state index in [0.717, 1.165) is 6.54 Å². The van der Waals surface area contributed by atoms with Gasteiger partial charge >= 0.3 is 5.69 Å². The molecule has 3 aromatic rings. The summed E-state index contributed by atoms with van der Waals surface area (Å²) in [6.45, 7) is 3.72. The molecule has 0 spiro atoms. The van der Waals surface area contributed by atoms with Gasteiger partial charge in [0.25, 0.3) is 5.91 Å². The molecule has 32 heavy (non-hydrogen) atoms. The molecule has 0 saturated carbocycles. The Balaban J connectivity index is 1.86. The van der Waals surface area contributed by atoms with E-state index in [2.05, 4.69) is 10.6 Å². The summed E-state index contributed by atoms with van der Waals surface area (Å²) in [7, 11) is 0. The second-order valence-electron chi connectivity index (χ2n) is 6.84. The minimum absolute atomic E-state index is 0.0625. The molecule has 0 aliphatic rings. The topological polar surface area (TPSA) is 111 Å². The SMILES string of the molecule is CCNCCNC(=O)c1ccc(Oc2ccccc2C(=O)c2ccccc2)c([N+](=O)[O-])c1. The molecule has 8 nitrogen and oxygen atoms in total. The van der Waals surface area contributed by atoms with E-state index in [1.165, 1.54) is 18.2 Å². The quantitative estimate of drug-likeness (QED) is 0.217. The molecule has 0 aliphatic carbocycles. The van der Waals surface area contributed by atoms with Gasteiger partial charge in [0.1, 0.15) is 5.75 Å². The third kappa shape index (κ3) is 5.55. The molecule has 0 fully saturated rings. The Hall–Kier alpha value is -4.04. The number of carbonyl (C=O) groups excluding carboxylic acids is 2. The molecular formula is C24H23N3O5. The number of hydrogen-bond acceptors (Lipinski definition) is 6. The van der Waals surface area contributed by atoms with Gasteiger partial charge in [-0.25, -0.2) is 0 Å². The van der Waals surface area contributed by atoms with Gasteiger partial charge in [-0.2, -0.15) is 0 Å². The van der Waals surface area contributed by atoms with E-state index < -0.39 is 10.8 Å². The Kier molecular flexibility index (Phi) is 7.66. The van der Waals surface area contributed by atoms with Crippen molar-refractivity contribution in [2.75, 3.05) is 19.6 Å². The third-order valence-electron chi connectivity index (χ3n) is 4.64. The standard InChI is InChI=1S/C24H23N3O5/c1-2-25-14-15-26-24(29)18-12-13-22(20(16-18)27(30)31)32-21-11-7-6-10-19(21)23(28)17-8-4-3-5-9-17/h3-13,16,25H,2,14-15H2,1H3,(H,26,29). The van der Waals surface area contributed by atoms with Gasteiger partial charge < -0.3 is 15.4 Å². The molecule has 164 valence electrons. The van der Waals surface area contributed by atoms with E-state index in [1.54, 1.807) is 54.6 Å². The summed E-state index contributed by atoms with van der Waals surface area (Å²) in [6, 6.07) is 19.2. The van der Waals surface area contributed by atoms with Crippen LogP contribution in [0.15, 0.2) is 72.8 Å². The molecule has 3 aromatic carbocycles. The molecule has 0 unspecified atom stereocenters. The number of carbonyl (C=O) groups is 2. The maximum atomic E-state index is 12.9. The van der Waals surface area contributed by atoms with Crippen LogP contribution >= 0.6 is 0 Å². The van der Waals surface area contributed by atoms with E-state index in [1.807, 2.05) is 6.92 Å². The molecule has 0 radical (unpaired) electrons. The number of ketones is 1. The maximum absolute atomic E-state index is 12.9. The Morgan fingerprint density at radius 3 is 2.34 bits per heavy atom. The van der Waals surface area contributed by atoms with Gasteiger partial charge in [0.2, 0.25) is 5.75 Å². The molecule has 0 atom stereocenters. The lowest BCUT2D eigenvalue weighted by Crippen LogP contribution is -2.31. The van der Waals surface area contributed by atoms with Crippen molar-refractivity contribution < 1.29 is 19.2 Å². The fourth-order valence-electron chi connectivity index (χ4n) is 3.04. The van der Waals surface area contributed by atoms with Crippen LogP contribution in [0.2, 0.25) is 0 Å². The number of nitro groups is 1. The van der Waals surface area contributed by atoms with Crippen molar-refractivity contribution in [3.63, 3.8) is 0 Å². The number of amides is 1. The number of likely N-dealkylation sites (N-methyl/N-ethyl adjacent to an activating group) is 1. The summed E-state index contributed by atoms with van der Waals surface area (Å²) in [5.41, 5.74) is 0.529. The number of ether oxygens (including phenoxy) is 1. The van der Waals surface area contributed by atoms with Crippen LogP contribution < -0.4 is 15.4 Å². The number of hydrogen-bond donors (Lipinski definition) is 2. The minimum atomic E-state index is -0.619. The number of nitro benzene ring substituents is 1. The highest BCUT2D eigenvalue weighted by Gasteiger charge is 2.22. The van der Waals surface area contributed by atoms with Crippen LogP contribution in [-0.4, -0.2) is 36.2 Å². The average Bonchev–Trinajstić information content (AvgIpc) is 2.82. The number of nitrogens with one attached hydrogen (secondary N) is 2. The fourth-order valence-corrected chi connectivity index (χ4v) is 3.04. The number of rotatable bonds is 10. The Labute approximate surface area is 185 Å². The van der Waals surface area contributed by atoms with Crippen molar-refractivity contribution in [3.05, 3.63) is 99.6 Å². The lowest BCUT2D eigenvalue weighted by molar-refractivity contribution is -0.385. The van der Waals surface area contributed by atoms with E-state index in [4.69, 9.17) is 4.74 Å². The van der Waals surface area contributed by atoms with E-state index in [9.17, 15) is 19.7 Å². The van der Waals surface area contributed by atoms with E-state index >= 15 is 0 Å². The van der Waals surface area contributed by atoms with Crippen molar-refractivity contribution >= 4 is 17.4 Å². The fraction of sp³-hybridized carbons (Fsp3) is 0.167. The summed E-state index contributed by atoms with van der Waals surface area (Å²) in [5, 5.41) is 17.4.